The Kier molecular flexibility index (Phi) is 4.20. The standard InChI is InChI=1S/C15H15Cl2N3/c16-6-8-20-7-5-12-9-18-15(19-14(12)10-20)11-1-3-13(17)4-2-11/h1-4,9H,5-8,10H2. The first-order chi connectivity index (χ1) is 9.76. The Bertz CT molecular complexity index is 599. The van der Waals surface area contributed by atoms with Crippen molar-refractivity contribution in [2.24, 2.45) is 0 Å². The molecular formula is C15H15Cl2N3. The van der Waals surface area contributed by atoms with Crippen molar-refractivity contribution in [3.63, 3.8) is 0 Å². The summed E-state index contributed by atoms with van der Waals surface area (Å²) >= 11 is 11.7. The highest BCUT2D eigenvalue weighted by Crippen LogP contribution is 2.22. The largest absolute Gasteiger partial charge is 0.296 e. The van der Waals surface area contributed by atoms with Crippen molar-refractivity contribution < 1.29 is 0 Å². The fraction of sp³-hybridized carbons (Fsp3) is 0.333. The second kappa shape index (κ2) is 6.08. The lowest BCUT2D eigenvalue weighted by molar-refractivity contribution is 0.265. The minimum absolute atomic E-state index is 0.657. The Morgan fingerprint density at radius 3 is 2.75 bits per heavy atom. The average Bonchev–Trinajstić information content (AvgIpc) is 2.48. The van der Waals surface area contributed by atoms with E-state index in [-0.39, 0.29) is 0 Å². The molecule has 0 N–H and O–H groups in total. The van der Waals surface area contributed by atoms with Crippen molar-refractivity contribution in [1.29, 1.82) is 0 Å². The quantitative estimate of drug-likeness (QED) is 0.814. The molecule has 0 spiro atoms. The Morgan fingerprint density at radius 1 is 1.20 bits per heavy atom. The molecule has 0 fully saturated rings. The van der Waals surface area contributed by atoms with Crippen LogP contribution in [0.2, 0.25) is 5.02 Å². The lowest BCUT2D eigenvalue weighted by Crippen LogP contribution is -2.32. The summed E-state index contributed by atoms with van der Waals surface area (Å²) in [4.78, 5) is 11.5. The second-order valence-corrected chi connectivity index (χ2v) is 5.70. The van der Waals surface area contributed by atoms with Gasteiger partial charge in [0, 0.05) is 42.3 Å². The Morgan fingerprint density at radius 2 is 2.00 bits per heavy atom. The summed E-state index contributed by atoms with van der Waals surface area (Å²) in [6.07, 6.45) is 2.94. The summed E-state index contributed by atoms with van der Waals surface area (Å²) in [6, 6.07) is 7.62. The van der Waals surface area contributed by atoms with E-state index in [9.17, 15) is 0 Å². The van der Waals surface area contributed by atoms with Gasteiger partial charge in [-0.1, -0.05) is 11.6 Å². The van der Waals surface area contributed by atoms with Gasteiger partial charge in [0.2, 0.25) is 0 Å². The molecule has 2 aromatic rings. The maximum atomic E-state index is 5.91. The Hall–Kier alpha value is -1.16. The first-order valence-corrected chi connectivity index (χ1v) is 7.56. The molecule has 0 saturated heterocycles. The molecule has 0 bridgehead atoms. The Balaban J connectivity index is 1.88. The smallest absolute Gasteiger partial charge is 0.159 e. The van der Waals surface area contributed by atoms with Crippen molar-refractivity contribution in [3.05, 3.63) is 46.7 Å². The Labute approximate surface area is 128 Å². The highest BCUT2D eigenvalue weighted by atomic mass is 35.5. The molecule has 0 radical (unpaired) electrons. The number of nitrogens with zero attached hydrogens (tertiary/aromatic N) is 3. The summed E-state index contributed by atoms with van der Waals surface area (Å²) in [7, 11) is 0. The van der Waals surface area contributed by atoms with Crippen LogP contribution in [0, 0.1) is 0 Å². The van der Waals surface area contributed by atoms with Gasteiger partial charge >= 0.3 is 0 Å². The normalized spacial score (nSPS) is 15.1. The molecule has 0 saturated carbocycles. The van der Waals surface area contributed by atoms with Gasteiger partial charge in [-0.2, -0.15) is 0 Å². The maximum Gasteiger partial charge on any atom is 0.159 e. The number of hydrogen-bond acceptors (Lipinski definition) is 3. The monoisotopic (exact) mass is 307 g/mol. The summed E-state index contributed by atoms with van der Waals surface area (Å²) < 4.78 is 0. The molecule has 0 amide bonds. The molecule has 0 unspecified atom stereocenters. The van der Waals surface area contributed by atoms with Crippen LogP contribution in [-0.2, 0) is 13.0 Å². The van der Waals surface area contributed by atoms with Crippen LogP contribution in [0.1, 0.15) is 11.3 Å². The van der Waals surface area contributed by atoms with Gasteiger partial charge in [-0.3, -0.25) is 4.90 Å². The van der Waals surface area contributed by atoms with Crippen LogP contribution < -0.4 is 0 Å². The molecule has 2 heterocycles. The summed E-state index contributed by atoms with van der Waals surface area (Å²) in [5.74, 6) is 1.41. The molecule has 0 atom stereocenters. The number of alkyl halides is 1. The van der Waals surface area contributed by atoms with Gasteiger partial charge in [0.1, 0.15) is 0 Å². The minimum Gasteiger partial charge on any atom is -0.296 e. The second-order valence-electron chi connectivity index (χ2n) is 4.89. The molecule has 3 rings (SSSR count). The minimum atomic E-state index is 0.657. The summed E-state index contributed by atoms with van der Waals surface area (Å²) in [5, 5.41) is 0.722. The van der Waals surface area contributed by atoms with Crippen molar-refractivity contribution in [2.75, 3.05) is 19.0 Å². The third kappa shape index (κ3) is 2.95. The van der Waals surface area contributed by atoms with E-state index >= 15 is 0 Å². The zero-order chi connectivity index (χ0) is 13.9. The SMILES string of the molecule is ClCCN1CCc2cnc(-c3ccc(Cl)cc3)nc2C1. The van der Waals surface area contributed by atoms with E-state index in [0.29, 0.717) is 5.88 Å². The third-order valence-electron chi connectivity index (χ3n) is 3.53. The number of halogens is 2. The van der Waals surface area contributed by atoms with E-state index in [1.165, 1.54) is 5.56 Å². The fourth-order valence-corrected chi connectivity index (χ4v) is 2.77. The van der Waals surface area contributed by atoms with Crippen LogP contribution in [0.3, 0.4) is 0 Å². The van der Waals surface area contributed by atoms with Gasteiger partial charge in [-0.25, -0.2) is 9.97 Å². The molecule has 104 valence electrons. The highest BCUT2D eigenvalue weighted by molar-refractivity contribution is 6.30. The van der Waals surface area contributed by atoms with Crippen LogP contribution >= 0.6 is 23.2 Å². The molecular weight excluding hydrogens is 293 g/mol. The van der Waals surface area contributed by atoms with Crippen molar-refractivity contribution >= 4 is 23.2 Å². The average molecular weight is 308 g/mol. The van der Waals surface area contributed by atoms with Crippen LogP contribution in [0.15, 0.2) is 30.5 Å². The zero-order valence-corrected chi connectivity index (χ0v) is 12.5. The van der Waals surface area contributed by atoms with Crippen LogP contribution in [0.5, 0.6) is 0 Å². The van der Waals surface area contributed by atoms with Crippen molar-refractivity contribution in [1.82, 2.24) is 14.9 Å². The summed E-state index contributed by atoms with van der Waals surface area (Å²) in [5.41, 5.74) is 3.35. The predicted octanol–water partition coefficient (Wildman–Crippen LogP) is 3.39. The van der Waals surface area contributed by atoms with Gasteiger partial charge in [0.25, 0.3) is 0 Å². The molecule has 1 aliphatic heterocycles. The van der Waals surface area contributed by atoms with E-state index in [4.69, 9.17) is 28.2 Å². The van der Waals surface area contributed by atoms with Crippen molar-refractivity contribution in [3.8, 4) is 11.4 Å². The van der Waals surface area contributed by atoms with Crippen LogP contribution in [-0.4, -0.2) is 33.8 Å². The highest BCUT2D eigenvalue weighted by Gasteiger charge is 2.18. The fourth-order valence-electron chi connectivity index (χ4n) is 2.41. The molecule has 1 aliphatic rings. The topological polar surface area (TPSA) is 29.0 Å². The van der Waals surface area contributed by atoms with Gasteiger partial charge in [-0.05, 0) is 36.2 Å². The molecule has 5 heteroatoms. The number of aromatic nitrogens is 2. The predicted molar refractivity (Wildman–Crippen MR) is 82.2 cm³/mol. The zero-order valence-electron chi connectivity index (χ0n) is 11.0. The van der Waals surface area contributed by atoms with Gasteiger partial charge < -0.3 is 0 Å². The first kappa shape index (κ1) is 13.8. The number of rotatable bonds is 3. The van der Waals surface area contributed by atoms with E-state index in [1.807, 2.05) is 30.5 Å². The molecule has 1 aromatic heterocycles. The van der Waals surface area contributed by atoms with Crippen LogP contribution in [0.25, 0.3) is 11.4 Å². The maximum absolute atomic E-state index is 5.91. The lowest BCUT2D eigenvalue weighted by Gasteiger charge is -2.27. The van der Waals surface area contributed by atoms with Gasteiger partial charge in [0.05, 0.1) is 5.69 Å². The molecule has 1 aromatic carbocycles. The first-order valence-electron chi connectivity index (χ1n) is 6.65. The number of fused-ring (bicyclic) bond motifs is 1. The van der Waals surface area contributed by atoms with E-state index < -0.39 is 0 Å². The third-order valence-corrected chi connectivity index (χ3v) is 3.95. The number of hydrogen-bond donors (Lipinski definition) is 0. The van der Waals surface area contributed by atoms with E-state index in [0.717, 1.165) is 48.2 Å². The molecule has 20 heavy (non-hydrogen) atoms. The molecule has 3 nitrogen and oxygen atoms in total. The summed E-state index contributed by atoms with van der Waals surface area (Å²) in [6.45, 7) is 2.79. The van der Waals surface area contributed by atoms with Gasteiger partial charge in [0.15, 0.2) is 5.82 Å². The van der Waals surface area contributed by atoms with Gasteiger partial charge in [-0.15, -0.1) is 11.6 Å². The number of benzene rings is 1. The van der Waals surface area contributed by atoms with Crippen molar-refractivity contribution in [2.45, 2.75) is 13.0 Å². The van der Waals surface area contributed by atoms with E-state index in [2.05, 4.69) is 9.88 Å². The van der Waals surface area contributed by atoms with Crippen LogP contribution in [0.4, 0.5) is 0 Å². The lowest BCUT2D eigenvalue weighted by atomic mass is 10.1. The molecule has 0 aliphatic carbocycles. The van der Waals surface area contributed by atoms with E-state index in [1.54, 1.807) is 0 Å².